The van der Waals surface area contributed by atoms with E-state index in [0.717, 1.165) is 20.1 Å². The second-order valence-electron chi connectivity index (χ2n) is 2.61. The molecule has 1 aromatic rings. The van der Waals surface area contributed by atoms with Crippen LogP contribution in [0.1, 0.15) is 16.7 Å². The molecule has 0 atom stereocenters. The maximum Gasteiger partial charge on any atom is 0.100 e. The standard InChI is InChI=1S/C9H7Br2N/c1-5-3-7(4-12)9(11)6(2)8(5)10/h3H,1-2H3. The molecule has 0 aliphatic heterocycles. The molecule has 0 amide bonds. The predicted molar refractivity (Wildman–Crippen MR) is 56.0 cm³/mol. The minimum absolute atomic E-state index is 0.688. The Morgan fingerprint density at radius 2 is 1.83 bits per heavy atom. The Bertz CT molecular complexity index is 364. The van der Waals surface area contributed by atoms with E-state index in [1.807, 2.05) is 19.9 Å². The summed E-state index contributed by atoms with van der Waals surface area (Å²) in [4.78, 5) is 0. The van der Waals surface area contributed by atoms with Crippen molar-refractivity contribution >= 4 is 31.9 Å². The lowest BCUT2D eigenvalue weighted by atomic mass is 10.1. The molecule has 0 saturated carbocycles. The number of halogens is 2. The second-order valence-corrected chi connectivity index (χ2v) is 4.19. The summed E-state index contributed by atoms with van der Waals surface area (Å²) in [6.07, 6.45) is 0. The largest absolute Gasteiger partial charge is 0.192 e. The molecule has 1 aromatic carbocycles. The molecule has 0 saturated heterocycles. The van der Waals surface area contributed by atoms with Gasteiger partial charge >= 0.3 is 0 Å². The number of hydrogen-bond acceptors (Lipinski definition) is 1. The van der Waals surface area contributed by atoms with Crippen LogP contribution < -0.4 is 0 Å². The van der Waals surface area contributed by atoms with E-state index >= 15 is 0 Å². The van der Waals surface area contributed by atoms with E-state index in [1.54, 1.807) is 0 Å². The van der Waals surface area contributed by atoms with Crippen molar-refractivity contribution in [3.8, 4) is 6.07 Å². The van der Waals surface area contributed by atoms with Crippen molar-refractivity contribution in [3.05, 3.63) is 31.7 Å². The van der Waals surface area contributed by atoms with Gasteiger partial charge in [-0.05, 0) is 47.0 Å². The van der Waals surface area contributed by atoms with Gasteiger partial charge in [-0.15, -0.1) is 0 Å². The lowest BCUT2D eigenvalue weighted by Gasteiger charge is -2.06. The van der Waals surface area contributed by atoms with Crippen molar-refractivity contribution in [2.75, 3.05) is 0 Å². The molecule has 0 fully saturated rings. The van der Waals surface area contributed by atoms with Crippen LogP contribution in [0.25, 0.3) is 0 Å². The molecule has 12 heavy (non-hydrogen) atoms. The normalized spacial score (nSPS) is 9.58. The number of nitriles is 1. The van der Waals surface area contributed by atoms with Crippen LogP contribution >= 0.6 is 31.9 Å². The first-order valence-electron chi connectivity index (χ1n) is 3.43. The Hall–Kier alpha value is -0.330. The molecule has 0 N–H and O–H groups in total. The smallest absolute Gasteiger partial charge is 0.100 e. The minimum Gasteiger partial charge on any atom is -0.192 e. The molecule has 1 rings (SSSR count). The van der Waals surface area contributed by atoms with Gasteiger partial charge in [-0.1, -0.05) is 15.9 Å². The molecule has 0 bridgehead atoms. The van der Waals surface area contributed by atoms with Crippen molar-refractivity contribution < 1.29 is 0 Å². The van der Waals surface area contributed by atoms with Crippen molar-refractivity contribution in [3.63, 3.8) is 0 Å². The molecule has 0 aromatic heterocycles. The number of hydrogen-bond donors (Lipinski definition) is 0. The second kappa shape index (κ2) is 3.59. The van der Waals surface area contributed by atoms with Crippen molar-refractivity contribution in [1.29, 1.82) is 5.26 Å². The lowest BCUT2D eigenvalue weighted by molar-refractivity contribution is 1.29. The zero-order valence-corrected chi connectivity index (χ0v) is 9.95. The molecule has 62 valence electrons. The van der Waals surface area contributed by atoms with Gasteiger partial charge in [0.15, 0.2) is 0 Å². The highest BCUT2D eigenvalue weighted by Crippen LogP contribution is 2.30. The van der Waals surface area contributed by atoms with Crippen LogP contribution in [-0.2, 0) is 0 Å². The third-order valence-electron chi connectivity index (χ3n) is 1.72. The minimum atomic E-state index is 0.688. The van der Waals surface area contributed by atoms with E-state index in [1.165, 1.54) is 0 Å². The van der Waals surface area contributed by atoms with Gasteiger partial charge in [-0.25, -0.2) is 0 Å². The van der Waals surface area contributed by atoms with Crippen LogP contribution in [-0.4, -0.2) is 0 Å². The average molecular weight is 289 g/mol. The highest BCUT2D eigenvalue weighted by atomic mass is 79.9. The summed E-state index contributed by atoms with van der Waals surface area (Å²) in [5, 5.41) is 8.76. The van der Waals surface area contributed by atoms with Gasteiger partial charge in [0.05, 0.1) is 5.56 Å². The Balaban J connectivity index is 3.52. The molecular formula is C9H7Br2N. The molecule has 1 nitrogen and oxygen atoms in total. The predicted octanol–water partition coefficient (Wildman–Crippen LogP) is 3.70. The fraction of sp³-hybridized carbons (Fsp3) is 0.222. The first-order chi connectivity index (χ1) is 5.57. The summed E-state index contributed by atoms with van der Waals surface area (Å²) in [6.45, 7) is 3.95. The van der Waals surface area contributed by atoms with Gasteiger partial charge < -0.3 is 0 Å². The Labute approximate surface area is 88.7 Å². The average Bonchev–Trinajstić information content (AvgIpc) is 2.08. The molecule has 0 aliphatic carbocycles. The van der Waals surface area contributed by atoms with Gasteiger partial charge in [0.2, 0.25) is 0 Å². The maximum absolute atomic E-state index is 8.76. The monoisotopic (exact) mass is 287 g/mol. The third kappa shape index (κ3) is 1.55. The van der Waals surface area contributed by atoms with Crippen LogP contribution in [0.5, 0.6) is 0 Å². The summed E-state index contributed by atoms with van der Waals surface area (Å²) in [5.41, 5.74) is 2.85. The van der Waals surface area contributed by atoms with Gasteiger partial charge in [-0.3, -0.25) is 0 Å². The van der Waals surface area contributed by atoms with Crippen LogP contribution in [0.2, 0.25) is 0 Å². The molecule has 3 heteroatoms. The van der Waals surface area contributed by atoms with Crippen molar-refractivity contribution in [1.82, 2.24) is 0 Å². The summed E-state index contributed by atoms with van der Waals surface area (Å²) in [6, 6.07) is 4.00. The fourth-order valence-electron chi connectivity index (χ4n) is 1.02. The lowest BCUT2D eigenvalue weighted by Crippen LogP contribution is -1.88. The van der Waals surface area contributed by atoms with Crippen molar-refractivity contribution in [2.45, 2.75) is 13.8 Å². The quantitative estimate of drug-likeness (QED) is 0.714. The van der Waals surface area contributed by atoms with Gasteiger partial charge in [0.25, 0.3) is 0 Å². The fourth-order valence-corrected chi connectivity index (χ4v) is 2.00. The maximum atomic E-state index is 8.76. The first kappa shape index (κ1) is 9.76. The third-order valence-corrected chi connectivity index (χ3v) is 3.96. The zero-order chi connectivity index (χ0) is 9.30. The first-order valence-corrected chi connectivity index (χ1v) is 5.01. The Morgan fingerprint density at radius 1 is 1.25 bits per heavy atom. The van der Waals surface area contributed by atoms with E-state index in [4.69, 9.17) is 5.26 Å². The molecule has 0 spiro atoms. The van der Waals surface area contributed by atoms with E-state index in [0.29, 0.717) is 5.56 Å². The topological polar surface area (TPSA) is 23.8 Å². The Morgan fingerprint density at radius 3 is 2.33 bits per heavy atom. The molecular weight excluding hydrogens is 282 g/mol. The molecule has 0 unspecified atom stereocenters. The van der Waals surface area contributed by atoms with E-state index in [2.05, 4.69) is 37.9 Å². The highest BCUT2D eigenvalue weighted by molar-refractivity contribution is 9.11. The van der Waals surface area contributed by atoms with Gasteiger partial charge in [-0.2, -0.15) is 5.26 Å². The zero-order valence-electron chi connectivity index (χ0n) is 6.78. The Kier molecular flexibility index (Phi) is 2.92. The number of nitrogens with zero attached hydrogens (tertiary/aromatic N) is 1. The van der Waals surface area contributed by atoms with Crippen LogP contribution in [0.3, 0.4) is 0 Å². The van der Waals surface area contributed by atoms with E-state index in [-0.39, 0.29) is 0 Å². The molecule has 0 heterocycles. The summed E-state index contributed by atoms with van der Waals surface area (Å²) in [5.74, 6) is 0. The summed E-state index contributed by atoms with van der Waals surface area (Å²) >= 11 is 6.83. The number of aryl methyl sites for hydroxylation is 1. The molecule has 0 radical (unpaired) electrons. The SMILES string of the molecule is Cc1cc(C#N)c(Br)c(C)c1Br. The summed E-state index contributed by atoms with van der Waals surface area (Å²) in [7, 11) is 0. The van der Waals surface area contributed by atoms with Gasteiger partial charge in [0, 0.05) is 8.95 Å². The van der Waals surface area contributed by atoms with Crippen LogP contribution in [0, 0.1) is 25.2 Å². The van der Waals surface area contributed by atoms with Gasteiger partial charge in [0.1, 0.15) is 6.07 Å². The van der Waals surface area contributed by atoms with Crippen LogP contribution in [0.15, 0.2) is 15.0 Å². The number of rotatable bonds is 0. The van der Waals surface area contributed by atoms with Crippen molar-refractivity contribution in [2.24, 2.45) is 0 Å². The highest BCUT2D eigenvalue weighted by Gasteiger charge is 2.08. The van der Waals surface area contributed by atoms with E-state index in [9.17, 15) is 0 Å². The molecule has 0 aliphatic rings. The van der Waals surface area contributed by atoms with E-state index < -0.39 is 0 Å². The summed E-state index contributed by atoms with van der Waals surface area (Å²) < 4.78 is 1.94. The van der Waals surface area contributed by atoms with Crippen LogP contribution in [0.4, 0.5) is 0 Å². The number of benzene rings is 1.